The third kappa shape index (κ3) is 6.31. The van der Waals surface area contributed by atoms with Crippen LogP contribution in [0.3, 0.4) is 0 Å². The number of piperidine rings is 1. The first-order valence-corrected chi connectivity index (χ1v) is 8.85. The zero-order valence-corrected chi connectivity index (χ0v) is 15.0. The van der Waals surface area contributed by atoms with Gasteiger partial charge in [-0.25, -0.2) is 4.79 Å². The van der Waals surface area contributed by atoms with E-state index in [0.29, 0.717) is 25.6 Å². The minimum Gasteiger partial charge on any atom is -0.338 e. The van der Waals surface area contributed by atoms with Crippen molar-refractivity contribution in [1.29, 1.82) is 0 Å². The second kappa shape index (κ2) is 9.32. The monoisotopic (exact) mass is 345 g/mol. The van der Waals surface area contributed by atoms with E-state index in [1.807, 2.05) is 49.1 Å². The molecule has 1 aromatic carbocycles. The van der Waals surface area contributed by atoms with Crippen molar-refractivity contribution in [2.24, 2.45) is 11.8 Å². The Morgan fingerprint density at radius 3 is 2.36 bits per heavy atom. The Balaban J connectivity index is 1.72. The van der Waals surface area contributed by atoms with Crippen LogP contribution < -0.4 is 10.6 Å². The van der Waals surface area contributed by atoms with E-state index in [1.165, 1.54) is 0 Å². The number of ketones is 1. The SMILES string of the molecule is CC(C)CNC(=O)NC(=O)CN1CCC(C(=O)c2ccccc2)CC1. The third-order valence-corrected chi connectivity index (χ3v) is 4.31. The minimum atomic E-state index is -0.451. The second-order valence-electron chi connectivity index (χ2n) is 6.93. The first-order valence-electron chi connectivity index (χ1n) is 8.85. The van der Waals surface area contributed by atoms with Crippen LogP contribution in [0.4, 0.5) is 4.79 Å². The molecule has 0 saturated carbocycles. The van der Waals surface area contributed by atoms with Gasteiger partial charge < -0.3 is 5.32 Å². The molecular weight excluding hydrogens is 318 g/mol. The van der Waals surface area contributed by atoms with E-state index >= 15 is 0 Å². The number of hydrogen-bond acceptors (Lipinski definition) is 4. The molecule has 1 fully saturated rings. The Kier molecular flexibility index (Phi) is 7.13. The highest BCUT2D eigenvalue weighted by Crippen LogP contribution is 2.21. The summed E-state index contributed by atoms with van der Waals surface area (Å²) in [7, 11) is 0. The van der Waals surface area contributed by atoms with Gasteiger partial charge in [-0.05, 0) is 31.8 Å². The van der Waals surface area contributed by atoms with Gasteiger partial charge in [0.2, 0.25) is 5.91 Å². The molecule has 3 amide bonds. The smallest absolute Gasteiger partial charge is 0.321 e. The number of hydrogen-bond donors (Lipinski definition) is 2. The van der Waals surface area contributed by atoms with Crippen molar-refractivity contribution in [2.75, 3.05) is 26.2 Å². The number of imide groups is 1. The number of nitrogens with one attached hydrogen (secondary N) is 2. The number of amides is 3. The average Bonchev–Trinajstić information content (AvgIpc) is 2.60. The second-order valence-corrected chi connectivity index (χ2v) is 6.93. The fourth-order valence-electron chi connectivity index (χ4n) is 2.90. The predicted octanol–water partition coefficient (Wildman–Crippen LogP) is 2.06. The molecule has 2 rings (SSSR count). The molecule has 0 bridgehead atoms. The molecule has 0 aromatic heterocycles. The van der Waals surface area contributed by atoms with Crippen LogP contribution in [0.2, 0.25) is 0 Å². The first-order chi connectivity index (χ1) is 12.0. The van der Waals surface area contributed by atoms with Gasteiger partial charge in [-0.3, -0.25) is 19.8 Å². The lowest BCUT2D eigenvalue weighted by Gasteiger charge is -2.30. The maximum Gasteiger partial charge on any atom is 0.321 e. The van der Waals surface area contributed by atoms with Crippen LogP contribution in [0, 0.1) is 11.8 Å². The van der Waals surface area contributed by atoms with Gasteiger partial charge in [-0.2, -0.15) is 0 Å². The molecule has 6 nitrogen and oxygen atoms in total. The molecular formula is C19H27N3O3. The summed E-state index contributed by atoms with van der Waals surface area (Å²) in [6.45, 7) is 6.06. The van der Waals surface area contributed by atoms with E-state index < -0.39 is 6.03 Å². The van der Waals surface area contributed by atoms with E-state index in [1.54, 1.807) is 0 Å². The summed E-state index contributed by atoms with van der Waals surface area (Å²) in [5.41, 5.74) is 0.750. The van der Waals surface area contributed by atoms with Crippen molar-refractivity contribution in [2.45, 2.75) is 26.7 Å². The van der Waals surface area contributed by atoms with Gasteiger partial charge in [0.15, 0.2) is 5.78 Å². The van der Waals surface area contributed by atoms with Crippen molar-refractivity contribution in [3.05, 3.63) is 35.9 Å². The lowest BCUT2D eigenvalue weighted by Crippen LogP contribution is -2.47. The summed E-state index contributed by atoms with van der Waals surface area (Å²) >= 11 is 0. The summed E-state index contributed by atoms with van der Waals surface area (Å²) in [4.78, 5) is 38.0. The number of urea groups is 1. The van der Waals surface area contributed by atoms with Crippen LogP contribution >= 0.6 is 0 Å². The summed E-state index contributed by atoms with van der Waals surface area (Å²) in [5.74, 6) is 0.213. The summed E-state index contributed by atoms with van der Waals surface area (Å²) in [6, 6.07) is 8.88. The van der Waals surface area contributed by atoms with Gasteiger partial charge in [0.25, 0.3) is 0 Å². The average molecular weight is 345 g/mol. The Morgan fingerprint density at radius 1 is 1.12 bits per heavy atom. The molecule has 0 unspecified atom stereocenters. The fraction of sp³-hybridized carbons (Fsp3) is 0.526. The Labute approximate surface area is 149 Å². The van der Waals surface area contributed by atoms with Crippen LogP contribution in [0.25, 0.3) is 0 Å². The Bertz CT molecular complexity index is 593. The lowest BCUT2D eigenvalue weighted by atomic mass is 9.89. The van der Waals surface area contributed by atoms with Crippen LogP contribution in [0.15, 0.2) is 30.3 Å². The number of likely N-dealkylation sites (tertiary alicyclic amines) is 1. The van der Waals surface area contributed by atoms with Crippen molar-refractivity contribution >= 4 is 17.7 Å². The van der Waals surface area contributed by atoms with Crippen molar-refractivity contribution in [3.8, 4) is 0 Å². The van der Waals surface area contributed by atoms with E-state index in [4.69, 9.17) is 0 Å². The van der Waals surface area contributed by atoms with Crippen LogP contribution in [0.5, 0.6) is 0 Å². The van der Waals surface area contributed by atoms with Crippen LogP contribution in [0.1, 0.15) is 37.0 Å². The first kappa shape index (κ1) is 19.1. The molecule has 0 aliphatic carbocycles. The van der Waals surface area contributed by atoms with Gasteiger partial charge >= 0.3 is 6.03 Å². The van der Waals surface area contributed by atoms with Crippen LogP contribution in [-0.2, 0) is 4.79 Å². The molecule has 1 aliphatic heterocycles. The highest BCUT2D eigenvalue weighted by molar-refractivity contribution is 5.98. The minimum absolute atomic E-state index is 0.0102. The number of nitrogens with zero attached hydrogens (tertiary/aromatic N) is 1. The quantitative estimate of drug-likeness (QED) is 0.774. The highest BCUT2D eigenvalue weighted by atomic mass is 16.2. The van der Waals surface area contributed by atoms with E-state index in [2.05, 4.69) is 10.6 Å². The van der Waals surface area contributed by atoms with Gasteiger partial charge in [0.05, 0.1) is 6.54 Å². The lowest BCUT2D eigenvalue weighted by molar-refractivity contribution is -0.121. The molecule has 2 N–H and O–H groups in total. The number of carbonyl (C=O) groups excluding carboxylic acids is 3. The van der Waals surface area contributed by atoms with Crippen LogP contribution in [-0.4, -0.2) is 48.8 Å². The third-order valence-electron chi connectivity index (χ3n) is 4.31. The van der Waals surface area contributed by atoms with Gasteiger partial charge in [0.1, 0.15) is 0 Å². The molecule has 0 atom stereocenters. The van der Waals surface area contributed by atoms with Crippen molar-refractivity contribution < 1.29 is 14.4 Å². The molecule has 1 aliphatic rings. The number of Topliss-reactive ketones (excluding diaryl/α,β-unsaturated/α-hetero) is 1. The predicted molar refractivity (Wildman–Crippen MR) is 96.3 cm³/mol. The molecule has 0 spiro atoms. The van der Waals surface area contributed by atoms with Crippen molar-refractivity contribution in [1.82, 2.24) is 15.5 Å². The molecule has 1 heterocycles. The molecule has 1 saturated heterocycles. The summed E-state index contributed by atoms with van der Waals surface area (Å²) in [5, 5.41) is 5.00. The maximum atomic E-state index is 12.5. The van der Waals surface area contributed by atoms with E-state index in [-0.39, 0.29) is 24.2 Å². The van der Waals surface area contributed by atoms with Gasteiger partial charge in [-0.15, -0.1) is 0 Å². The van der Waals surface area contributed by atoms with E-state index in [9.17, 15) is 14.4 Å². The zero-order chi connectivity index (χ0) is 18.2. The molecule has 6 heteroatoms. The van der Waals surface area contributed by atoms with Gasteiger partial charge in [0, 0.05) is 18.0 Å². The zero-order valence-electron chi connectivity index (χ0n) is 15.0. The van der Waals surface area contributed by atoms with Crippen molar-refractivity contribution in [3.63, 3.8) is 0 Å². The summed E-state index contributed by atoms with van der Waals surface area (Å²) < 4.78 is 0. The standard InChI is InChI=1S/C19H27N3O3/c1-14(2)12-20-19(25)21-17(23)13-22-10-8-16(9-11-22)18(24)15-6-4-3-5-7-15/h3-7,14,16H,8-13H2,1-2H3,(H2,20,21,23,25). The Morgan fingerprint density at radius 2 is 1.76 bits per heavy atom. The normalized spacial score (nSPS) is 15.8. The molecule has 0 radical (unpaired) electrons. The molecule has 136 valence electrons. The highest BCUT2D eigenvalue weighted by Gasteiger charge is 2.26. The topological polar surface area (TPSA) is 78.5 Å². The molecule has 25 heavy (non-hydrogen) atoms. The summed E-state index contributed by atoms with van der Waals surface area (Å²) in [6.07, 6.45) is 1.47. The van der Waals surface area contributed by atoms with E-state index in [0.717, 1.165) is 18.4 Å². The Hall–Kier alpha value is -2.21. The largest absolute Gasteiger partial charge is 0.338 e. The maximum absolute atomic E-state index is 12.5. The number of carbonyl (C=O) groups is 3. The number of rotatable bonds is 6. The molecule has 1 aromatic rings. The fourth-order valence-corrected chi connectivity index (χ4v) is 2.90. The van der Waals surface area contributed by atoms with Gasteiger partial charge in [-0.1, -0.05) is 44.2 Å². The number of benzene rings is 1.